The monoisotopic (exact) mass is 386 g/mol. The van der Waals surface area contributed by atoms with Gasteiger partial charge in [0.25, 0.3) is 0 Å². The minimum Gasteiger partial charge on any atom is -0.497 e. The van der Waals surface area contributed by atoms with Crippen molar-refractivity contribution in [2.24, 2.45) is 5.73 Å². The molecule has 0 fully saturated rings. The molecule has 2 heterocycles. The van der Waals surface area contributed by atoms with Gasteiger partial charge in [0.15, 0.2) is 6.23 Å². The third kappa shape index (κ3) is 3.06. The molecule has 0 spiro atoms. The Morgan fingerprint density at radius 2 is 1.83 bits per heavy atom. The summed E-state index contributed by atoms with van der Waals surface area (Å²) in [4.78, 5) is 0. The standard InChI is InChI=1S/C23H22N4O2/c1-13-5-8-17(11-14(13)2)27-23-20(15(3)26-27)21(19(12-24)22(25)29-23)16-6-9-18(28-4)10-7-16/h5-11,22H,25H2,1-4H3. The molecule has 0 amide bonds. The van der Waals surface area contributed by atoms with Crippen LogP contribution >= 0.6 is 0 Å². The molecule has 146 valence electrons. The van der Waals surface area contributed by atoms with E-state index < -0.39 is 6.23 Å². The van der Waals surface area contributed by atoms with E-state index in [1.807, 2.05) is 37.3 Å². The summed E-state index contributed by atoms with van der Waals surface area (Å²) in [5.74, 6) is 1.29. The zero-order valence-corrected chi connectivity index (χ0v) is 16.9. The first kappa shape index (κ1) is 18.8. The van der Waals surface area contributed by atoms with Gasteiger partial charge in [-0.05, 0) is 61.7 Å². The Morgan fingerprint density at radius 3 is 2.45 bits per heavy atom. The first-order valence-corrected chi connectivity index (χ1v) is 9.33. The van der Waals surface area contributed by atoms with Crippen LogP contribution in [0.15, 0.2) is 48.0 Å². The highest BCUT2D eigenvalue weighted by atomic mass is 16.5. The first-order valence-electron chi connectivity index (χ1n) is 9.33. The van der Waals surface area contributed by atoms with Crippen LogP contribution in [0.5, 0.6) is 11.6 Å². The van der Waals surface area contributed by atoms with Crippen molar-refractivity contribution in [2.75, 3.05) is 7.11 Å². The molecule has 29 heavy (non-hydrogen) atoms. The fraction of sp³-hybridized carbons (Fsp3) is 0.217. The molecule has 6 nitrogen and oxygen atoms in total. The summed E-state index contributed by atoms with van der Waals surface area (Å²) in [5.41, 5.74) is 13.0. The molecule has 3 aromatic rings. The number of hydrogen-bond donors (Lipinski definition) is 1. The maximum Gasteiger partial charge on any atom is 0.226 e. The smallest absolute Gasteiger partial charge is 0.226 e. The number of aryl methyl sites for hydroxylation is 3. The summed E-state index contributed by atoms with van der Waals surface area (Å²) in [6.45, 7) is 6.04. The maximum atomic E-state index is 9.78. The van der Waals surface area contributed by atoms with Crippen LogP contribution in [0.2, 0.25) is 0 Å². The molecule has 0 saturated carbocycles. The second-order valence-electron chi connectivity index (χ2n) is 7.11. The van der Waals surface area contributed by atoms with Crippen LogP contribution < -0.4 is 15.2 Å². The fourth-order valence-electron chi connectivity index (χ4n) is 3.57. The minimum absolute atomic E-state index is 0.380. The lowest BCUT2D eigenvalue weighted by Gasteiger charge is -2.25. The van der Waals surface area contributed by atoms with Crippen LogP contribution in [0, 0.1) is 32.1 Å². The van der Waals surface area contributed by atoms with Crippen LogP contribution in [-0.2, 0) is 0 Å². The summed E-state index contributed by atoms with van der Waals surface area (Å²) >= 11 is 0. The topological polar surface area (TPSA) is 86.1 Å². The Hall–Kier alpha value is -3.56. The lowest BCUT2D eigenvalue weighted by molar-refractivity contribution is 0.228. The molecular formula is C23H22N4O2. The molecule has 0 aliphatic carbocycles. The van der Waals surface area contributed by atoms with Gasteiger partial charge in [-0.1, -0.05) is 18.2 Å². The van der Waals surface area contributed by atoms with Crippen molar-refractivity contribution in [3.8, 4) is 23.4 Å². The summed E-state index contributed by atoms with van der Waals surface area (Å²) in [6, 6.07) is 15.9. The molecule has 0 bridgehead atoms. The van der Waals surface area contributed by atoms with Crippen molar-refractivity contribution in [3.63, 3.8) is 0 Å². The number of nitriles is 1. The van der Waals surface area contributed by atoms with Gasteiger partial charge >= 0.3 is 0 Å². The highest BCUT2D eigenvalue weighted by Gasteiger charge is 2.33. The molecular weight excluding hydrogens is 364 g/mol. The third-order valence-corrected chi connectivity index (χ3v) is 5.29. The first-order chi connectivity index (χ1) is 13.9. The van der Waals surface area contributed by atoms with Gasteiger partial charge in [-0.15, -0.1) is 0 Å². The van der Waals surface area contributed by atoms with Crippen molar-refractivity contribution in [1.29, 1.82) is 5.26 Å². The number of benzene rings is 2. The zero-order valence-electron chi connectivity index (χ0n) is 16.9. The van der Waals surface area contributed by atoms with Gasteiger partial charge in [0, 0.05) is 5.57 Å². The molecule has 1 aliphatic heterocycles. The van der Waals surface area contributed by atoms with Crippen LogP contribution in [-0.4, -0.2) is 23.1 Å². The molecule has 2 N–H and O–H groups in total. The highest BCUT2D eigenvalue weighted by molar-refractivity contribution is 5.89. The molecule has 0 radical (unpaired) electrons. The predicted octanol–water partition coefficient (Wildman–Crippen LogP) is 3.81. The number of ether oxygens (including phenoxy) is 2. The van der Waals surface area contributed by atoms with Crippen LogP contribution in [0.1, 0.15) is 27.9 Å². The van der Waals surface area contributed by atoms with Crippen molar-refractivity contribution in [3.05, 3.63) is 76.0 Å². The summed E-state index contributed by atoms with van der Waals surface area (Å²) < 4.78 is 13.0. The van der Waals surface area contributed by atoms with Crippen LogP contribution in [0.25, 0.3) is 11.3 Å². The Kier molecular flexibility index (Phi) is 4.61. The van der Waals surface area contributed by atoms with Crippen molar-refractivity contribution in [2.45, 2.75) is 27.0 Å². The van der Waals surface area contributed by atoms with Crippen molar-refractivity contribution in [1.82, 2.24) is 9.78 Å². The number of fused-ring (bicyclic) bond motifs is 1. The molecule has 1 unspecified atom stereocenters. The molecule has 1 aromatic heterocycles. The predicted molar refractivity (Wildman–Crippen MR) is 111 cm³/mol. The fourth-order valence-corrected chi connectivity index (χ4v) is 3.57. The summed E-state index contributed by atoms with van der Waals surface area (Å²) in [5, 5.41) is 14.5. The van der Waals surface area contributed by atoms with E-state index in [1.165, 1.54) is 5.56 Å². The van der Waals surface area contributed by atoms with Crippen LogP contribution in [0.3, 0.4) is 0 Å². The van der Waals surface area contributed by atoms with Crippen molar-refractivity contribution < 1.29 is 9.47 Å². The largest absolute Gasteiger partial charge is 0.497 e. The minimum atomic E-state index is -0.869. The lowest BCUT2D eigenvalue weighted by Crippen LogP contribution is -2.33. The maximum absolute atomic E-state index is 9.78. The molecule has 1 aliphatic rings. The Labute approximate surface area is 169 Å². The molecule has 1 atom stereocenters. The number of nitrogens with zero attached hydrogens (tertiary/aromatic N) is 3. The SMILES string of the molecule is COc1ccc(C2=C(C#N)C(N)Oc3c2c(C)nn3-c2ccc(C)c(C)c2)cc1. The second-order valence-corrected chi connectivity index (χ2v) is 7.11. The van der Waals surface area contributed by atoms with E-state index in [9.17, 15) is 5.26 Å². The third-order valence-electron chi connectivity index (χ3n) is 5.29. The van der Waals surface area contributed by atoms with E-state index >= 15 is 0 Å². The van der Waals surface area contributed by atoms with Gasteiger partial charge in [0.05, 0.1) is 29.6 Å². The molecule has 2 aromatic carbocycles. The number of hydrogen-bond acceptors (Lipinski definition) is 5. The summed E-state index contributed by atoms with van der Waals surface area (Å²) in [6.07, 6.45) is -0.869. The van der Waals surface area contributed by atoms with Gasteiger partial charge in [0.2, 0.25) is 5.88 Å². The van der Waals surface area contributed by atoms with E-state index in [4.69, 9.17) is 20.3 Å². The quantitative estimate of drug-likeness (QED) is 0.740. The molecule has 6 heteroatoms. The average molecular weight is 386 g/mol. The number of methoxy groups -OCH3 is 1. The van der Waals surface area contributed by atoms with Gasteiger partial charge in [-0.2, -0.15) is 10.4 Å². The zero-order chi connectivity index (χ0) is 20.7. The van der Waals surface area contributed by atoms with Crippen LogP contribution in [0.4, 0.5) is 0 Å². The Morgan fingerprint density at radius 1 is 1.10 bits per heavy atom. The van der Waals surface area contributed by atoms with E-state index in [0.29, 0.717) is 11.5 Å². The second kappa shape index (κ2) is 7.12. The summed E-state index contributed by atoms with van der Waals surface area (Å²) in [7, 11) is 1.62. The van der Waals surface area contributed by atoms with Crippen molar-refractivity contribution >= 4 is 5.57 Å². The van der Waals surface area contributed by atoms with Gasteiger partial charge < -0.3 is 9.47 Å². The van der Waals surface area contributed by atoms with Gasteiger partial charge in [-0.25, -0.2) is 4.68 Å². The highest BCUT2D eigenvalue weighted by Crippen LogP contribution is 2.42. The van der Waals surface area contributed by atoms with Gasteiger partial charge in [0.1, 0.15) is 11.8 Å². The molecule has 0 saturated heterocycles. The van der Waals surface area contributed by atoms with E-state index in [-0.39, 0.29) is 0 Å². The lowest BCUT2D eigenvalue weighted by atomic mass is 9.91. The average Bonchev–Trinajstić information content (AvgIpc) is 3.05. The number of rotatable bonds is 3. The molecule has 4 rings (SSSR count). The van der Waals surface area contributed by atoms with Gasteiger partial charge in [-0.3, -0.25) is 5.73 Å². The Bertz CT molecular complexity index is 1170. The van der Waals surface area contributed by atoms with E-state index in [0.717, 1.165) is 39.4 Å². The Balaban J connectivity index is 1.95. The normalized spacial score (nSPS) is 15.5. The number of nitrogens with two attached hydrogens (primary N) is 1. The number of aromatic nitrogens is 2. The van der Waals surface area contributed by atoms with E-state index in [2.05, 4.69) is 32.0 Å². The van der Waals surface area contributed by atoms with E-state index in [1.54, 1.807) is 11.8 Å².